The van der Waals surface area contributed by atoms with Gasteiger partial charge in [-0.05, 0) is 31.4 Å². The van der Waals surface area contributed by atoms with E-state index in [1.54, 1.807) is 16.2 Å². The molecule has 118 valence electrons. The molecule has 0 spiro atoms. The molecule has 0 aromatic carbocycles. The van der Waals surface area contributed by atoms with Crippen molar-refractivity contribution in [3.05, 3.63) is 21.4 Å². The van der Waals surface area contributed by atoms with Crippen LogP contribution in [0.15, 0.2) is 6.07 Å². The van der Waals surface area contributed by atoms with E-state index < -0.39 is 10.0 Å². The van der Waals surface area contributed by atoms with Crippen LogP contribution in [0.2, 0.25) is 0 Å². The minimum Gasteiger partial charge on any atom is -0.337 e. The Balaban J connectivity index is 2.09. The van der Waals surface area contributed by atoms with Crippen molar-refractivity contribution in [2.75, 3.05) is 32.4 Å². The Morgan fingerprint density at radius 2 is 2.00 bits per heavy atom. The number of amides is 1. The molecule has 0 bridgehead atoms. The van der Waals surface area contributed by atoms with E-state index in [2.05, 4.69) is 6.92 Å². The molecule has 1 fully saturated rings. The maximum Gasteiger partial charge on any atom is 0.263 e. The Hall–Kier alpha value is -0.920. The van der Waals surface area contributed by atoms with Crippen molar-refractivity contribution >= 4 is 27.3 Å². The van der Waals surface area contributed by atoms with Crippen molar-refractivity contribution in [2.24, 2.45) is 0 Å². The second kappa shape index (κ2) is 6.46. The molecule has 1 aliphatic rings. The van der Waals surface area contributed by atoms with E-state index in [4.69, 9.17) is 0 Å². The SMILES string of the molecule is CCc1sc(C(=O)N2CCCN(S(C)(=O)=O)CC2)cc1C. The number of thiophene rings is 1. The first-order valence-electron chi connectivity index (χ1n) is 7.16. The van der Waals surface area contributed by atoms with Gasteiger partial charge in [0.1, 0.15) is 0 Å². The Morgan fingerprint density at radius 1 is 1.29 bits per heavy atom. The first-order chi connectivity index (χ1) is 9.82. The number of nitrogens with zero attached hydrogens (tertiary/aromatic N) is 2. The van der Waals surface area contributed by atoms with Crippen molar-refractivity contribution in [3.63, 3.8) is 0 Å². The molecule has 1 saturated heterocycles. The highest BCUT2D eigenvalue weighted by molar-refractivity contribution is 7.88. The summed E-state index contributed by atoms with van der Waals surface area (Å²) in [7, 11) is -3.17. The van der Waals surface area contributed by atoms with Crippen LogP contribution in [0.25, 0.3) is 0 Å². The molecule has 1 aromatic heterocycles. The standard InChI is InChI=1S/C14H22N2O3S2/c1-4-12-11(2)10-13(20-12)14(17)15-6-5-7-16(9-8-15)21(3,18)19/h10H,4-9H2,1-3H3. The van der Waals surface area contributed by atoms with Crippen LogP contribution in [-0.2, 0) is 16.4 Å². The molecule has 0 atom stereocenters. The average Bonchev–Trinajstić information content (AvgIpc) is 2.63. The fourth-order valence-electron chi connectivity index (χ4n) is 2.56. The minimum atomic E-state index is -3.17. The van der Waals surface area contributed by atoms with Crippen LogP contribution in [0.4, 0.5) is 0 Å². The topological polar surface area (TPSA) is 57.7 Å². The number of rotatable bonds is 3. The number of hydrogen-bond acceptors (Lipinski definition) is 4. The molecule has 2 heterocycles. The van der Waals surface area contributed by atoms with Crippen LogP contribution < -0.4 is 0 Å². The smallest absolute Gasteiger partial charge is 0.263 e. The second-order valence-corrected chi connectivity index (χ2v) is 8.50. The quantitative estimate of drug-likeness (QED) is 0.848. The summed E-state index contributed by atoms with van der Waals surface area (Å²) < 4.78 is 24.6. The fourth-order valence-corrected chi connectivity index (χ4v) is 4.52. The van der Waals surface area contributed by atoms with E-state index in [1.807, 2.05) is 13.0 Å². The summed E-state index contributed by atoms with van der Waals surface area (Å²) in [5, 5.41) is 0. The zero-order valence-electron chi connectivity index (χ0n) is 12.8. The summed E-state index contributed by atoms with van der Waals surface area (Å²) in [6, 6.07) is 1.95. The fraction of sp³-hybridized carbons (Fsp3) is 0.643. The summed E-state index contributed by atoms with van der Waals surface area (Å²) in [6.45, 7) is 6.07. The van der Waals surface area contributed by atoms with E-state index in [0.717, 1.165) is 11.3 Å². The van der Waals surface area contributed by atoms with Gasteiger partial charge in [0, 0.05) is 31.1 Å². The lowest BCUT2D eigenvalue weighted by molar-refractivity contribution is 0.0769. The van der Waals surface area contributed by atoms with Gasteiger partial charge in [-0.15, -0.1) is 11.3 Å². The van der Waals surface area contributed by atoms with E-state index in [9.17, 15) is 13.2 Å². The third-order valence-electron chi connectivity index (χ3n) is 3.76. The lowest BCUT2D eigenvalue weighted by Gasteiger charge is -2.20. The van der Waals surface area contributed by atoms with Gasteiger partial charge in [0.2, 0.25) is 10.0 Å². The Labute approximate surface area is 130 Å². The molecule has 7 heteroatoms. The Kier molecular flexibility index (Phi) is 5.06. The summed E-state index contributed by atoms with van der Waals surface area (Å²) in [4.78, 5) is 16.3. The summed E-state index contributed by atoms with van der Waals surface area (Å²) in [6.07, 6.45) is 2.84. The summed E-state index contributed by atoms with van der Waals surface area (Å²) in [5.74, 6) is 0.0261. The normalized spacial score (nSPS) is 17.8. The highest BCUT2D eigenvalue weighted by Gasteiger charge is 2.25. The molecule has 2 rings (SSSR count). The van der Waals surface area contributed by atoms with E-state index >= 15 is 0 Å². The molecular weight excluding hydrogens is 308 g/mol. The van der Waals surface area contributed by atoms with Crippen LogP contribution in [-0.4, -0.2) is 56.0 Å². The van der Waals surface area contributed by atoms with Gasteiger partial charge in [-0.1, -0.05) is 6.92 Å². The average molecular weight is 330 g/mol. The monoisotopic (exact) mass is 330 g/mol. The molecule has 1 aromatic rings. The zero-order chi connectivity index (χ0) is 15.6. The van der Waals surface area contributed by atoms with E-state index in [0.29, 0.717) is 32.6 Å². The highest BCUT2D eigenvalue weighted by Crippen LogP contribution is 2.24. The van der Waals surface area contributed by atoms with E-state index in [1.165, 1.54) is 21.0 Å². The molecule has 0 saturated carbocycles. The van der Waals surface area contributed by atoms with Gasteiger partial charge in [0.15, 0.2) is 0 Å². The maximum atomic E-state index is 12.6. The molecule has 1 amide bonds. The van der Waals surface area contributed by atoms with Gasteiger partial charge in [-0.2, -0.15) is 0 Å². The van der Waals surface area contributed by atoms with Crippen LogP contribution in [0, 0.1) is 6.92 Å². The van der Waals surface area contributed by atoms with Crippen LogP contribution in [0.3, 0.4) is 0 Å². The van der Waals surface area contributed by atoms with Crippen LogP contribution in [0.1, 0.15) is 33.5 Å². The van der Waals surface area contributed by atoms with Crippen molar-refractivity contribution < 1.29 is 13.2 Å². The largest absolute Gasteiger partial charge is 0.337 e. The van der Waals surface area contributed by atoms with Gasteiger partial charge in [0.05, 0.1) is 11.1 Å². The number of hydrogen-bond donors (Lipinski definition) is 0. The zero-order valence-corrected chi connectivity index (χ0v) is 14.4. The Bertz CT molecular complexity index is 622. The van der Waals surface area contributed by atoms with E-state index in [-0.39, 0.29) is 5.91 Å². The van der Waals surface area contributed by atoms with Gasteiger partial charge >= 0.3 is 0 Å². The maximum absolute atomic E-state index is 12.6. The molecular formula is C14H22N2O3S2. The van der Waals surface area contributed by atoms with Gasteiger partial charge < -0.3 is 4.90 Å². The number of carbonyl (C=O) groups excluding carboxylic acids is 1. The van der Waals surface area contributed by atoms with Crippen molar-refractivity contribution in [3.8, 4) is 0 Å². The Morgan fingerprint density at radius 3 is 2.57 bits per heavy atom. The predicted octanol–water partition coefficient (Wildman–Crippen LogP) is 1.73. The molecule has 0 radical (unpaired) electrons. The molecule has 0 unspecified atom stereocenters. The lowest BCUT2D eigenvalue weighted by atomic mass is 10.2. The van der Waals surface area contributed by atoms with Crippen molar-refractivity contribution in [1.29, 1.82) is 0 Å². The van der Waals surface area contributed by atoms with Gasteiger partial charge in [0.25, 0.3) is 5.91 Å². The van der Waals surface area contributed by atoms with Crippen LogP contribution in [0.5, 0.6) is 0 Å². The highest BCUT2D eigenvalue weighted by atomic mass is 32.2. The third kappa shape index (κ3) is 3.84. The predicted molar refractivity (Wildman–Crippen MR) is 85.4 cm³/mol. The van der Waals surface area contributed by atoms with Gasteiger partial charge in [-0.25, -0.2) is 12.7 Å². The number of carbonyl (C=O) groups is 1. The first kappa shape index (κ1) is 16.5. The molecule has 0 N–H and O–H groups in total. The first-order valence-corrected chi connectivity index (χ1v) is 9.83. The minimum absolute atomic E-state index is 0.0261. The van der Waals surface area contributed by atoms with Crippen LogP contribution >= 0.6 is 11.3 Å². The van der Waals surface area contributed by atoms with Gasteiger partial charge in [-0.3, -0.25) is 4.79 Å². The molecule has 1 aliphatic heterocycles. The summed E-state index contributed by atoms with van der Waals surface area (Å²) in [5.41, 5.74) is 1.17. The number of aryl methyl sites for hydroxylation is 2. The second-order valence-electron chi connectivity index (χ2n) is 5.38. The van der Waals surface area contributed by atoms with Crippen molar-refractivity contribution in [1.82, 2.24) is 9.21 Å². The molecule has 21 heavy (non-hydrogen) atoms. The molecule has 0 aliphatic carbocycles. The van der Waals surface area contributed by atoms with Crippen molar-refractivity contribution in [2.45, 2.75) is 26.7 Å². The number of sulfonamides is 1. The lowest BCUT2D eigenvalue weighted by Crippen LogP contribution is -2.36. The summed E-state index contributed by atoms with van der Waals surface area (Å²) >= 11 is 1.55. The molecule has 5 nitrogen and oxygen atoms in total. The third-order valence-corrected chi connectivity index (χ3v) is 6.44.